The third kappa shape index (κ3) is 3.48. The molecule has 0 radical (unpaired) electrons. The summed E-state index contributed by atoms with van der Waals surface area (Å²) in [5, 5.41) is 8.71. The van der Waals surface area contributed by atoms with Gasteiger partial charge < -0.3 is 5.32 Å². The lowest BCUT2D eigenvalue weighted by atomic mass is 10.2. The van der Waals surface area contributed by atoms with Crippen LogP contribution in [0.15, 0.2) is 55.0 Å². The van der Waals surface area contributed by atoms with Gasteiger partial charge in [-0.1, -0.05) is 18.2 Å². The number of anilines is 1. The molecule has 3 aromatic heterocycles. The van der Waals surface area contributed by atoms with Gasteiger partial charge in [0.15, 0.2) is 0 Å². The Bertz CT molecular complexity index is 1000. The van der Waals surface area contributed by atoms with Crippen LogP contribution in [0.25, 0.3) is 16.9 Å². The van der Waals surface area contributed by atoms with Crippen LogP contribution in [-0.2, 0) is 6.54 Å². The quantitative estimate of drug-likeness (QED) is 0.581. The third-order valence-electron chi connectivity index (χ3n) is 4.03. The molecule has 0 aliphatic carbocycles. The summed E-state index contributed by atoms with van der Waals surface area (Å²) in [5.74, 6) is 0.584. The van der Waals surface area contributed by atoms with E-state index in [1.165, 1.54) is 4.88 Å². The highest BCUT2D eigenvalue weighted by Crippen LogP contribution is 2.20. The van der Waals surface area contributed by atoms with Crippen molar-refractivity contribution in [2.24, 2.45) is 0 Å². The maximum Gasteiger partial charge on any atom is 0.223 e. The van der Waals surface area contributed by atoms with Crippen LogP contribution in [0.1, 0.15) is 15.6 Å². The van der Waals surface area contributed by atoms with Gasteiger partial charge in [-0.15, -0.1) is 11.3 Å². The first-order valence-corrected chi connectivity index (χ1v) is 9.11. The van der Waals surface area contributed by atoms with Gasteiger partial charge in [0.25, 0.3) is 0 Å². The number of aromatic nitrogens is 5. The Hall–Kier alpha value is -3.06. The zero-order valence-corrected chi connectivity index (χ0v) is 15.4. The summed E-state index contributed by atoms with van der Waals surface area (Å²) in [7, 11) is 0. The first-order valence-electron chi connectivity index (χ1n) is 8.29. The van der Waals surface area contributed by atoms with Crippen molar-refractivity contribution >= 4 is 17.3 Å². The third-order valence-corrected chi connectivity index (χ3v) is 5.10. The van der Waals surface area contributed by atoms with Crippen molar-refractivity contribution in [3.8, 4) is 16.9 Å². The summed E-state index contributed by atoms with van der Waals surface area (Å²) < 4.78 is 1.84. The standard InChI is InChI=1S/C19H18N6S/c1-13-14(2)26-18(23-13)11-21-19-20-9-8-17(24-19)15-10-22-25(12-15)16-6-4-3-5-7-16/h3-10,12H,11H2,1-2H3,(H,20,21,24). The topological polar surface area (TPSA) is 68.5 Å². The number of nitrogens with one attached hydrogen (secondary N) is 1. The number of nitrogens with zero attached hydrogens (tertiary/aromatic N) is 5. The fourth-order valence-electron chi connectivity index (χ4n) is 2.55. The fraction of sp³-hybridized carbons (Fsp3) is 0.158. The lowest BCUT2D eigenvalue weighted by molar-refractivity contribution is 0.880. The maximum absolute atomic E-state index is 4.60. The molecule has 0 saturated heterocycles. The minimum Gasteiger partial charge on any atom is -0.348 e. The summed E-state index contributed by atoms with van der Waals surface area (Å²) in [6.07, 6.45) is 5.53. The smallest absolute Gasteiger partial charge is 0.223 e. The van der Waals surface area contributed by atoms with Gasteiger partial charge in [-0.25, -0.2) is 19.6 Å². The van der Waals surface area contributed by atoms with E-state index in [0.29, 0.717) is 12.5 Å². The monoisotopic (exact) mass is 362 g/mol. The van der Waals surface area contributed by atoms with Gasteiger partial charge in [-0.05, 0) is 32.0 Å². The van der Waals surface area contributed by atoms with Crippen molar-refractivity contribution in [3.63, 3.8) is 0 Å². The predicted octanol–water partition coefficient (Wildman–Crippen LogP) is 4.01. The molecule has 3 heterocycles. The van der Waals surface area contributed by atoms with Crippen molar-refractivity contribution < 1.29 is 0 Å². The number of para-hydroxylation sites is 1. The van der Waals surface area contributed by atoms with Gasteiger partial charge in [-0.2, -0.15) is 5.10 Å². The van der Waals surface area contributed by atoms with Crippen LogP contribution in [0.2, 0.25) is 0 Å². The van der Waals surface area contributed by atoms with Crippen LogP contribution in [0, 0.1) is 13.8 Å². The number of aryl methyl sites for hydroxylation is 2. The van der Waals surface area contributed by atoms with Crippen LogP contribution in [-0.4, -0.2) is 24.7 Å². The molecule has 0 spiro atoms. The largest absolute Gasteiger partial charge is 0.348 e. The molecule has 7 heteroatoms. The summed E-state index contributed by atoms with van der Waals surface area (Å²) in [6, 6.07) is 11.9. The highest BCUT2D eigenvalue weighted by Gasteiger charge is 2.08. The van der Waals surface area contributed by atoms with E-state index in [4.69, 9.17) is 0 Å². The molecule has 4 aromatic rings. The molecule has 26 heavy (non-hydrogen) atoms. The van der Waals surface area contributed by atoms with Gasteiger partial charge in [-0.3, -0.25) is 0 Å². The van der Waals surface area contributed by atoms with Crippen LogP contribution < -0.4 is 5.32 Å². The van der Waals surface area contributed by atoms with Crippen LogP contribution in [0.3, 0.4) is 0 Å². The predicted molar refractivity (Wildman–Crippen MR) is 104 cm³/mol. The Morgan fingerprint density at radius 3 is 2.69 bits per heavy atom. The molecule has 0 aliphatic heterocycles. The number of benzene rings is 1. The highest BCUT2D eigenvalue weighted by molar-refractivity contribution is 7.11. The summed E-state index contributed by atoms with van der Waals surface area (Å²) in [6.45, 7) is 4.72. The lowest BCUT2D eigenvalue weighted by Crippen LogP contribution is -2.03. The normalized spacial score (nSPS) is 10.8. The Labute approximate surface area is 155 Å². The van der Waals surface area contributed by atoms with Gasteiger partial charge in [0.1, 0.15) is 5.01 Å². The lowest BCUT2D eigenvalue weighted by Gasteiger charge is -2.04. The van der Waals surface area contributed by atoms with E-state index in [2.05, 4.69) is 32.3 Å². The second-order valence-electron chi connectivity index (χ2n) is 5.88. The fourth-order valence-corrected chi connectivity index (χ4v) is 3.42. The SMILES string of the molecule is Cc1nc(CNc2nccc(-c3cnn(-c4ccccc4)c3)n2)sc1C. The van der Waals surface area contributed by atoms with E-state index in [1.54, 1.807) is 17.5 Å². The number of thiazole rings is 1. The van der Waals surface area contributed by atoms with Crippen LogP contribution in [0.4, 0.5) is 5.95 Å². The molecule has 0 aliphatic rings. The van der Waals surface area contributed by atoms with Crippen molar-refractivity contribution in [1.29, 1.82) is 0 Å². The Morgan fingerprint density at radius 2 is 1.92 bits per heavy atom. The second-order valence-corrected chi connectivity index (χ2v) is 7.17. The summed E-state index contributed by atoms with van der Waals surface area (Å²) >= 11 is 1.69. The van der Waals surface area contributed by atoms with Crippen molar-refractivity contribution in [1.82, 2.24) is 24.7 Å². The molecule has 0 unspecified atom stereocenters. The second kappa shape index (κ2) is 7.05. The number of hydrogen-bond donors (Lipinski definition) is 1. The van der Waals surface area contributed by atoms with E-state index < -0.39 is 0 Å². The van der Waals surface area contributed by atoms with Crippen LogP contribution >= 0.6 is 11.3 Å². The zero-order valence-electron chi connectivity index (χ0n) is 14.5. The molecule has 6 nitrogen and oxygen atoms in total. The average molecular weight is 362 g/mol. The molecule has 0 fully saturated rings. The van der Waals surface area contributed by atoms with Crippen molar-refractivity contribution in [2.45, 2.75) is 20.4 Å². The summed E-state index contributed by atoms with van der Waals surface area (Å²) in [5.41, 5.74) is 3.87. The van der Waals surface area contributed by atoms with Crippen molar-refractivity contribution in [2.75, 3.05) is 5.32 Å². The zero-order chi connectivity index (χ0) is 17.9. The van der Waals surface area contributed by atoms with Crippen LogP contribution in [0.5, 0.6) is 0 Å². The van der Waals surface area contributed by atoms with E-state index in [0.717, 1.165) is 27.6 Å². The van der Waals surface area contributed by atoms with E-state index >= 15 is 0 Å². The molecule has 0 saturated carbocycles. The highest BCUT2D eigenvalue weighted by atomic mass is 32.1. The number of rotatable bonds is 5. The Kier molecular flexibility index (Phi) is 4.45. The molecule has 4 rings (SSSR count). The molecule has 0 bridgehead atoms. The van der Waals surface area contributed by atoms with E-state index in [-0.39, 0.29) is 0 Å². The maximum atomic E-state index is 4.60. The van der Waals surface area contributed by atoms with E-state index in [9.17, 15) is 0 Å². The Morgan fingerprint density at radius 1 is 1.08 bits per heavy atom. The average Bonchev–Trinajstić information content (AvgIpc) is 3.28. The van der Waals surface area contributed by atoms with Crippen molar-refractivity contribution in [3.05, 3.63) is 70.6 Å². The molecular formula is C19H18N6S. The first kappa shape index (κ1) is 16.4. The van der Waals surface area contributed by atoms with Gasteiger partial charge in [0, 0.05) is 22.8 Å². The molecular weight excluding hydrogens is 344 g/mol. The van der Waals surface area contributed by atoms with Gasteiger partial charge >= 0.3 is 0 Å². The number of hydrogen-bond acceptors (Lipinski definition) is 6. The Balaban J connectivity index is 1.51. The molecule has 1 N–H and O–H groups in total. The minimum absolute atomic E-state index is 0.584. The van der Waals surface area contributed by atoms with Gasteiger partial charge in [0.05, 0.1) is 29.8 Å². The molecule has 0 amide bonds. The molecule has 130 valence electrons. The van der Waals surface area contributed by atoms with Gasteiger partial charge in [0.2, 0.25) is 5.95 Å². The van der Waals surface area contributed by atoms with E-state index in [1.807, 2.05) is 60.4 Å². The minimum atomic E-state index is 0.584. The summed E-state index contributed by atoms with van der Waals surface area (Å²) in [4.78, 5) is 14.7. The first-order chi connectivity index (χ1) is 12.7. The molecule has 1 aromatic carbocycles. The molecule has 0 atom stereocenters.